The summed E-state index contributed by atoms with van der Waals surface area (Å²) in [7, 11) is 0. The highest BCUT2D eigenvalue weighted by molar-refractivity contribution is 9.10. The number of carbonyl (C=O) groups excluding carboxylic acids is 1. The average Bonchev–Trinajstić information content (AvgIpc) is 3.07. The number of benzene rings is 2. The molecular formula is C20H15BrN4OS. The second-order valence-electron chi connectivity index (χ2n) is 5.95. The standard InChI is InChI=1S/C20H15BrN4OS/c1-12(26)24-15-3-2-4-16(9-15)25-19-18-17(10-27-20(18)23-11-22-19)13-5-7-14(21)8-6-13/h2-11H,1H3,(H,24,26)(H,22,23,25). The van der Waals surface area contributed by atoms with Crippen molar-refractivity contribution in [1.82, 2.24) is 9.97 Å². The molecule has 0 radical (unpaired) electrons. The summed E-state index contributed by atoms with van der Waals surface area (Å²) in [6, 6.07) is 15.7. The molecule has 0 atom stereocenters. The van der Waals surface area contributed by atoms with Gasteiger partial charge in [-0.05, 0) is 35.9 Å². The van der Waals surface area contributed by atoms with Gasteiger partial charge in [0.05, 0.1) is 5.39 Å². The number of nitrogens with zero attached hydrogens (tertiary/aromatic N) is 2. The van der Waals surface area contributed by atoms with Crippen LogP contribution in [0.5, 0.6) is 0 Å². The number of hydrogen-bond acceptors (Lipinski definition) is 5. The minimum Gasteiger partial charge on any atom is -0.340 e. The first kappa shape index (κ1) is 17.6. The molecular weight excluding hydrogens is 424 g/mol. The van der Waals surface area contributed by atoms with Gasteiger partial charge < -0.3 is 10.6 Å². The SMILES string of the molecule is CC(=O)Nc1cccc(Nc2ncnc3scc(-c4ccc(Br)cc4)c23)c1. The summed E-state index contributed by atoms with van der Waals surface area (Å²) in [6.07, 6.45) is 1.56. The van der Waals surface area contributed by atoms with E-state index in [1.165, 1.54) is 6.92 Å². The topological polar surface area (TPSA) is 66.9 Å². The fraction of sp³-hybridized carbons (Fsp3) is 0.0500. The fourth-order valence-corrected chi connectivity index (χ4v) is 4.01. The molecule has 4 aromatic rings. The molecule has 0 saturated heterocycles. The Bertz CT molecular complexity index is 1120. The van der Waals surface area contributed by atoms with Crippen LogP contribution in [0.1, 0.15) is 6.92 Å². The maximum atomic E-state index is 11.3. The van der Waals surface area contributed by atoms with Gasteiger partial charge >= 0.3 is 0 Å². The van der Waals surface area contributed by atoms with Crippen molar-refractivity contribution in [2.24, 2.45) is 0 Å². The monoisotopic (exact) mass is 438 g/mol. The molecule has 4 rings (SSSR count). The lowest BCUT2D eigenvalue weighted by Gasteiger charge is -2.10. The number of aromatic nitrogens is 2. The molecule has 0 saturated carbocycles. The van der Waals surface area contributed by atoms with Gasteiger partial charge in [0.2, 0.25) is 5.91 Å². The molecule has 0 fully saturated rings. The van der Waals surface area contributed by atoms with Crippen molar-refractivity contribution in [3.8, 4) is 11.1 Å². The van der Waals surface area contributed by atoms with Crippen LogP contribution in [0, 0.1) is 0 Å². The lowest BCUT2D eigenvalue weighted by Crippen LogP contribution is -2.05. The van der Waals surface area contributed by atoms with Crippen LogP contribution in [0.15, 0.2) is 64.7 Å². The van der Waals surface area contributed by atoms with E-state index in [0.29, 0.717) is 0 Å². The summed E-state index contributed by atoms with van der Waals surface area (Å²) < 4.78 is 1.04. The molecule has 2 aromatic carbocycles. The van der Waals surface area contributed by atoms with Crippen LogP contribution in [0.2, 0.25) is 0 Å². The van der Waals surface area contributed by atoms with Crippen molar-refractivity contribution >= 4 is 60.6 Å². The first-order valence-corrected chi connectivity index (χ1v) is 9.90. The molecule has 2 heterocycles. The molecule has 0 bridgehead atoms. The Kier molecular flexibility index (Phi) is 4.87. The average molecular weight is 439 g/mol. The summed E-state index contributed by atoms with van der Waals surface area (Å²) in [5.41, 5.74) is 3.77. The zero-order valence-electron chi connectivity index (χ0n) is 14.4. The molecule has 0 aliphatic carbocycles. The van der Waals surface area contributed by atoms with Gasteiger partial charge in [0.25, 0.3) is 0 Å². The quantitative estimate of drug-likeness (QED) is 0.420. The zero-order chi connectivity index (χ0) is 18.8. The molecule has 134 valence electrons. The van der Waals surface area contributed by atoms with Crippen molar-refractivity contribution in [1.29, 1.82) is 0 Å². The van der Waals surface area contributed by atoms with E-state index in [0.717, 1.165) is 43.0 Å². The Balaban J connectivity index is 1.75. The summed E-state index contributed by atoms with van der Waals surface area (Å²) in [4.78, 5) is 21.1. The van der Waals surface area contributed by atoms with Gasteiger partial charge in [-0.2, -0.15) is 0 Å². The molecule has 2 aromatic heterocycles. The third-order valence-corrected chi connectivity index (χ3v) is 5.39. The number of rotatable bonds is 4. The molecule has 2 N–H and O–H groups in total. The molecule has 27 heavy (non-hydrogen) atoms. The van der Waals surface area contributed by atoms with Crippen LogP contribution in [0.4, 0.5) is 17.2 Å². The number of thiophene rings is 1. The molecule has 1 amide bonds. The zero-order valence-corrected chi connectivity index (χ0v) is 16.8. The highest BCUT2D eigenvalue weighted by Gasteiger charge is 2.13. The number of amides is 1. The van der Waals surface area contributed by atoms with Crippen LogP contribution in [0.25, 0.3) is 21.3 Å². The molecule has 5 nitrogen and oxygen atoms in total. The summed E-state index contributed by atoms with van der Waals surface area (Å²) in [5.74, 6) is 0.631. The van der Waals surface area contributed by atoms with E-state index in [9.17, 15) is 4.79 Å². The highest BCUT2D eigenvalue weighted by atomic mass is 79.9. The van der Waals surface area contributed by atoms with Gasteiger partial charge in [-0.15, -0.1) is 11.3 Å². The number of halogens is 1. The summed E-state index contributed by atoms with van der Waals surface area (Å²) in [5, 5.41) is 9.23. The van der Waals surface area contributed by atoms with Gasteiger partial charge in [-0.3, -0.25) is 4.79 Å². The van der Waals surface area contributed by atoms with Gasteiger partial charge in [0.15, 0.2) is 0 Å². The number of nitrogens with one attached hydrogen (secondary N) is 2. The van der Waals surface area contributed by atoms with Gasteiger partial charge in [-0.25, -0.2) is 9.97 Å². The lowest BCUT2D eigenvalue weighted by atomic mass is 10.1. The molecule has 0 aliphatic rings. The first-order chi connectivity index (χ1) is 13.1. The Morgan fingerprint density at radius 1 is 1.07 bits per heavy atom. The summed E-state index contributed by atoms with van der Waals surface area (Å²) >= 11 is 5.07. The minimum absolute atomic E-state index is 0.105. The van der Waals surface area contributed by atoms with Crippen LogP contribution < -0.4 is 10.6 Å². The Morgan fingerprint density at radius 3 is 2.63 bits per heavy atom. The van der Waals surface area contributed by atoms with Gasteiger partial charge in [-0.1, -0.05) is 34.1 Å². The Morgan fingerprint density at radius 2 is 1.85 bits per heavy atom. The van der Waals surface area contributed by atoms with Gasteiger partial charge in [0.1, 0.15) is 17.0 Å². The fourth-order valence-electron chi connectivity index (χ4n) is 2.83. The van der Waals surface area contributed by atoms with E-state index >= 15 is 0 Å². The second kappa shape index (κ2) is 7.46. The number of fused-ring (bicyclic) bond motifs is 1. The van der Waals surface area contributed by atoms with Crippen LogP contribution in [-0.2, 0) is 4.79 Å². The lowest BCUT2D eigenvalue weighted by molar-refractivity contribution is -0.114. The minimum atomic E-state index is -0.105. The highest BCUT2D eigenvalue weighted by Crippen LogP contribution is 2.37. The van der Waals surface area contributed by atoms with Crippen LogP contribution in [-0.4, -0.2) is 15.9 Å². The molecule has 0 unspecified atom stereocenters. The van der Waals surface area contributed by atoms with Crippen LogP contribution in [0.3, 0.4) is 0 Å². The predicted octanol–water partition coefficient (Wildman–Crippen LogP) is 5.82. The maximum Gasteiger partial charge on any atom is 0.221 e. The van der Waals surface area contributed by atoms with E-state index in [2.05, 4.69) is 54.0 Å². The molecule has 7 heteroatoms. The number of anilines is 3. The van der Waals surface area contributed by atoms with E-state index in [1.807, 2.05) is 36.4 Å². The Labute approximate surface area is 168 Å². The third kappa shape index (κ3) is 3.84. The normalized spacial score (nSPS) is 10.7. The second-order valence-corrected chi connectivity index (χ2v) is 7.72. The van der Waals surface area contributed by atoms with E-state index in [4.69, 9.17) is 0 Å². The van der Waals surface area contributed by atoms with E-state index in [1.54, 1.807) is 17.7 Å². The van der Waals surface area contributed by atoms with Crippen molar-refractivity contribution < 1.29 is 4.79 Å². The van der Waals surface area contributed by atoms with Gasteiger partial charge in [0, 0.05) is 33.7 Å². The Hall–Kier alpha value is -2.77. The number of carbonyl (C=O) groups is 1. The van der Waals surface area contributed by atoms with E-state index < -0.39 is 0 Å². The van der Waals surface area contributed by atoms with Crippen LogP contribution >= 0.6 is 27.3 Å². The van der Waals surface area contributed by atoms with E-state index in [-0.39, 0.29) is 5.91 Å². The van der Waals surface area contributed by atoms with Crippen molar-refractivity contribution in [3.05, 3.63) is 64.7 Å². The summed E-state index contributed by atoms with van der Waals surface area (Å²) in [6.45, 7) is 1.49. The molecule has 0 spiro atoms. The number of hydrogen-bond donors (Lipinski definition) is 2. The van der Waals surface area contributed by atoms with Crippen molar-refractivity contribution in [2.45, 2.75) is 6.92 Å². The maximum absolute atomic E-state index is 11.3. The smallest absolute Gasteiger partial charge is 0.221 e. The van der Waals surface area contributed by atoms with Crippen molar-refractivity contribution in [3.63, 3.8) is 0 Å². The predicted molar refractivity (Wildman–Crippen MR) is 115 cm³/mol. The first-order valence-electron chi connectivity index (χ1n) is 8.23. The van der Waals surface area contributed by atoms with Crippen molar-refractivity contribution in [2.75, 3.05) is 10.6 Å². The molecule has 0 aliphatic heterocycles. The largest absolute Gasteiger partial charge is 0.340 e. The third-order valence-electron chi connectivity index (χ3n) is 3.97.